The first-order chi connectivity index (χ1) is 10.8. The second kappa shape index (κ2) is 7.77. The molecule has 1 saturated heterocycles. The fourth-order valence-corrected chi connectivity index (χ4v) is 3.30. The van der Waals surface area contributed by atoms with E-state index in [9.17, 15) is 4.79 Å². The van der Waals surface area contributed by atoms with Gasteiger partial charge in [-0.05, 0) is 56.2 Å². The Kier molecular flexibility index (Phi) is 6.23. The maximum absolute atomic E-state index is 12.0. The van der Waals surface area contributed by atoms with Crippen LogP contribution in [0.5, 0.6) is 0 Å². The van der Waals surface area contributed by atoms with E-state index < -0.39 is 5.41 Å². The van der Waals surface area contributed by atoms with Crippen molar-refractivity contribution >= 4 is 21.9 Å². The summed E-state index contributed by atoms with van der Waals surface area (Å²) in [4.78, 5) is 17.4. The zero-order chi connectivity index (χ0) is 17.0. The van der Waals surface area contributed by atoms with E-state index in [1.165, 1.54) is 16.7 Å². The number of nitrogens with two attached hydrogens (primary N) is 1. The lowest BCUT2D eigenvalue weighted by atomic mass is 9.88. The van der Waals surface area contributed by atoms with Crippen LogP contribution in [-0.2, 0) is 21.5 Å². The zero-order valence-corrected chi connectivity index (χ0v) is 15.9. The number of carbonyl (C=O) groups is 1. The molecule has 1 heterocycles. The molecule has 1 aliphatic rings. The summed E-state index contributed by atoms with van der Waals surface area (Å²) in [6, 6.07) is 6.60. The van der Waals surface area contributed by atoms with Crippen LogP contribution in [0.15, 0.2) is 18.2 Å². The van der Waals surface area contributed by atoms with E-state index in [1.807, 2.05) is 20.8 Å². The molecule has 0 radical (unpaired) electrons. The van der Waals surface area contributed by atoms with Crippen LogP contribution < -0.4 is 5.73 Å². The predicted molar refractivity (Wildman–Crippen MR) is 96.1 cm³/mol. The van der Waals surface area contributed by atoms with Gasteiger partial charge in [0.15, 0.2) is 0 Å². The molecule has 1 aromatic carbocycles. The summed E-state index contributed by atoms with van der Waals surface area (Å²) >= 11 is 3.51. The summed E-state index contributed by atoms with van der Waals surface area (Å²) in [5.41, 5.74) is 9.21. The van der Waals surface area contributed by atoms with Crippen LogP contribution in [0.25, 0.3) is 0 Å². The highest BCUT2D eigenvalue weighted by molar-refractivity contribution is 9.08. The number of halogens is 1. The SMILES string of the molecule is CC(C)(C)C(=O)ON1CCC(c2ccc(CBr)c(CN)c2)CC1. The maximum Gasteiger partial charge on any atom is 0.330 e. The van der Waals surface area contributed by atoms with Crippen molar-refractivity contribution < 1.29 is 9.63 Å². The monoisotopic (exact) mass is 382 g/mol. The smallest absolute Gasteiger partial charge is 0.330 e. The molecule has 5 heteroatoms. The first kappa shape index (κ1) is 18.4. The number of piperidine rings is 1. The van der Waals surface area contributed by atoms with Crippen LogP contribution in [0.4, 0.5) is 0 Å². The number of hydroxylamine groups is 2. The molecule has 1 aromatic rings. The van der Waals surface area contributed by atoms with E-state index in [0.29, 0.717) is 12.5 Å². The molecule has 0 saturated carbocycles. The summed E-state index contributed by atoms with van der Waals surface area (Å²) in [6.07, 6.45) is 1.99. The predicted octanol–water partition coefficient (Wildman–Crippen LogP) is 3.72. The number of alkyl halides is 1. The number of hydrogen-bond donors (Lipinski definition) is 1. The summed E-state index contributed by atoms with van der Waals surface area (Å²) in [7, 11) is 0. The van der Waals surface area contributed by atoms with Gasteiger partial charge in [-0.3, -0.25) is 0 Å². The highest BCUT2D eigenvalue weighted by Gasteiger charge is 2.28. The molecule has 0 spiro atoms. The van der Waals surface area contributed by atoms with Crippen molar-refractivity contribution in [3.8, 4) is 0 Å². The van der Waals surface area contributed by atoms with Crippen LogP contribution >= 0.6 is 15.9 Å². The van der Waals surface area contributed by atoms with Gasteiger partial charge in [0.1, 0.15) is 0 Å². The fraction of sp³-hybridized carbons (Fsp3) is 0.611. The summed E-state index contributed by atoms with van der Waals surface area (Å²) in [5.74, 6) is 0.345. The molecule has 0 unspecified atom stereocenters. The van der Waals surface area contributed by atoms with E-state index in [2.05, 4.69) is 34.1 Å². The van der Waals surface area contributed by atoms with Crippen molar-refractivity contribution in [1.29, 1.82) is 0 Å². The minimum absolute atomic E-state index is 0.164. The number of carbonyl (C=O) groups excluding carboxylic acids is 1. The van der Waals surface area contributed by atoms with E-state index in [4.69, 9.17) is 10.6 Å². The highest BCUT2D eigenvalue weighted by Crippen LogP contribution is 2.30. The molecule has 1 aliphatic heterocycles. The molecule has 4 nitrogen and oxygen atoms in total. The lowest BCUT2D eigenvalue weighted by Crippen LogP contribution is -2.38. The van der Waals surface area contributed by atoms with Crippen molar-refractivity contribution in [2.24, 2.45) is 11.1 Å². The van der Waals surface area contributed by atoms with Gasteiger partial charge in [-0.2, -0.15) is 0 Å². The Morgan fingerprint density at radius 3 is 2.48 bits per heavy atom. The molecule has 0 atom stereocenters. The zero-order valence-electron chi connectivity index (χ0n) is 14.3. The first-order valence-electron chi connectivity index (χ1n) is 8.20. The van der Waals surface area contributed by atoms with E-state index in [-0.39, 0.29) is 5.97 Å². The molecular weight excluding hydrogens is 356 g/mol. The minimum atomic E-state index is -0.460. The van der Waals surface area contributed by atoms with E-state index in [1.54, 1.807) is 5.06 Å². The Morgan fingerprint density at radius 1 is 1.30 bits per heavy atom. The van der Waals surface area contributed by atoms with Crippen molar-refractivity contribution in [3.63, 3.8) is 0 Å². The molecule has 2 N–H and O–H groups in total. The van der Waals surface area contributed by atoms with E-state index in [0.717, 1.165) is 31.3 Å². The summed E-state index contributed by atoms with van der Waals surface area (Å²) in [6.45, 7) is 7.76. The van der Waals surface area contributed by atoms with E-state index >= 15 is 0 Å². The Labute approximate surface area is 147 Å². The van der Waals surface area contributed by atoms with Gasteiger partial charge in [0, 0.05) is 25.0 Å². The molecule has 1 fully saturated rings. The molecular formula is C18H27BrN2O2. The Bertz CT molecular complexity index is 546. The fourth-order valence-electron chi connectivity index (χ4n) is 2.75. The Balaban J connectivity index is 1.95. The Hall–Kier alpha value is -0.910. The lowest BCUT2D eigenvalue weighted by molar-refractivity contribution is -0.204. The standard InChI is InChI=1S/C18H27BrN2O2/c1-18(2,3)17(22)23-21-8-6-13(7-9-21)14-4-5-15(11-19)16(10-14)12-20/h4-5,10,13H,6-9,11-12,20H2,1-3H3. The minimum Gasteiger partial charge on any atom is -0.367 e. The molecule has 0 aliphatic carbocycles. The second-order valence-corrected chi connectivity index (χ2v) is 7.76. The van der Waals surface area contributed by atoms with Crippen molar-refractivity contribution in [2.75, 3.05) is 13.1 Å². The van der Waals surface area contributed by atoms with Crippen molar-refractivity contribution in [3.05, 3.63) is 34.9 Å². The van der Waals surface area contributed by atoms with Gasteiger partial charge < -0.3 is 10.6 Å². The van der Waals surface area contributed by atoms with Gasteiger partial charge in [-0.15, -0.1) is 5.06 Å². The van der Waals surface area contributed by atoms with Crippen molar-refractivity contribution in [2.45, 2.75) is 51.4 Å². The number of rotatable bonds is 4. The number of benzene rings is 1. The van der Waals surface area contributed by atoms with Crippen LogP contribution in [-0.4, -0.2) is 24.1 Å². The lowest BCUT2D eigenvalue weighted by Gasteiger charge is -2.32. The molecule has 2 rings (SSSR count). The first-order valence-corrected chi connectivity index (χ1v) is 9.32. The van der Waals surface area contributed by atoms with Crippen LogP contribution in [0.1, 0.15) is 56.2 Å². The van der Waals surface area contributed by atoms with Crippen molar-refractivity contribution in [1.82, 2.24) is 5.06 Å². The third-order valence-electron chi connectivity index (χ3n) is 4.34. The van der Waals surface area contributed by atoms with Gasteiger partial charge in [0.05, 0.1) is 5.41 Å². The molecule has 0 amide bonds. The number of nitrogens with zero attached hydrogens (tertiary/aromatic N) is 1. The normalized spacial score (nSPS) is 17.3. The van der Waals surface area contributed by atoms with Crippen LogP contribution in [0.3, 0.4) is 0 Å². The second-order valence-electron chi connectivity index (χ2n) is 7.20. The average molecular weight is 383 g/mol. The van der Waals surface area contributed by atoms with Crippen LogP contribution in [0.2, 0.25) is 0 Å². The van der Waals surface area contributed by atoms with Crippen LogP contribution in [0, 0.1) is 5.41 Å². The molecule has 0 aromatic heterocycles. The topological polar surface area (TPSA) is 55.6 Å². The maximum atomic E-state index is 12.0. The van der Waals surface area contributed by atoms with Gasteiger partial charge in [-0.25, -0.2) is 4.79 Å². The van der Waals surface area contributed by atoms with Gasteiger partial charge in [-0.1, -0.05) is 34.1 Å². The van der Waals surface area contributed by atoms with Gasteiger partial charge in [0.2, 0.25) is 0 Å². The summed E-state index contributed by atoms with van der Waals surface area (Å²) < 4.78 is 0. The third kappa shape index (κ3) is 4.78. The third-order valence-corrected chi connectivity index (χ3v) is 4.95. The number of hydrogen-bond acceptors (Lipinski definition) is 4. The highest BCUT2D eigenvalue weighted by atomic mass is 79.9. The molecule has 128 valence electrons. The molecule has 23 heavy (non-hydrogen) atoms. The summed E-state index contributed by atoms with van der Waals surface area (Å²) in [5, 5.41) is 2.64. The quantitative estimate of drug-likeness (QED) is 0.806. The Morgan fingerprint density at radius 2 is 1.96 bits per heavy atom. The van der Waals surface area contributed by atoms with Gasteiger partial charge >= 0.3 is 5.97 Å². The molecule has 0 bridgehead atoms. The van der Waals surface area contributed by atoms with Gasteiger partial charge in [0.25, 0.3) is 0 Å². The largest absolute Gasteiger partial charge is 0.367 e. The average Bonchev–Trinajstić information content (AvgIpc) is 2.54.